The summed E-state index contributed by atoms with van der Waals surface area (Å²) in [5, 5.41) is 125. The van der Waals surface area contributed by atoms with Crippen LogP contribution in [0.25, 0.3) is 0 Å². The first kappa shape index (κ1) is 74.6. The van der Waals surface area contributed by atoms with Crippen molar-refractivity contribution in [3.8, 4) is 0 Å². The Balaban J connectivity index is 1.26. The highest BCUT2D eigenvalue weighted by Crippen LogP contribution is 2.25. The molecule has 0 aromatic carbocycles. The number of amides is 3. The number of rotatable bonds is 48. The predicted octanol–water partition coefficient (Wildman–Crippen LogP) is -8.89. The Hall–Kier alpha value is -2.67. The largest absolute Gasteiger partial charge is 0.394 e. The van der Waals surface area contributed by atoms with Gasteiger partial charge in [-0.15, -0.1) is 0 Å². The molecule has 3 heterocycles. The smallest absolute Gasteiger partial charge is 0.222 e. The van der Waals surface area contributed by atoms with Crippen molar-refractivity contribution in [2.24, 2.45) is 5.41 Å². The normalized spacial score (nSPS) is 29.1. The molecule has 3 saturated heterocycles. The summed E-state index contributed by atoms with van der Waals surface area (Å²) < 4.78 is 82.2. The van der Waals surface area contributed by atoms with Crippen LogP contribution in [0.4, 0.5) is 0 Å². The van der Waals surface area contributed by atoms with E-state index in [0.29, 0.717) is 0 Å². The minimum Gasteiger partial charge on any atom is -0.394 e. The zero-order chi connectivity index (χ0) is 60.8. The molecule has 8 unspecified atom stereocenters. The average molecular weight is 1220 g/mol. The third-order valence-electron chi connectivity index (χ3n) is 12.7. The van der Waals surface area contributed by atoms with E-state index in [9.17, 15) is 75.7 Å². The molecule has 0 saturated carbocycles. The number of aliphatic hydroxyl groups is 12. The molecule has 0 spiro atoms. The van der Waals surface area contributed by atoms with Gasteiger partial charge < -0.3 is 148 Å². The highest BCUT2D eigenvalue weighted by molar-refractivity contribution is 5.76. The van der Waals surface area contributed by atoms with Crippen LogP contribution in [0.3, 0.4) is 0 Å². The second-order valence-corrected chi connectivity index (χ2v) is 19.6. The molecule has 488 valence electrons. The maximum Gasteiger partial charge on any atom is 0.222 e. The van der Waals surface area contributed by atoms with Crippen molar-refractivity contribution >= 4 is 17.7 Å². The molecule has 0 radical (unpaired) electrons. The van der Waals surface area contributed by atoms with Crippen molar-refractivity contribution < 1.29 is 147 Å². The van der Waals surface area contributed by atoms with Crippen LogP contribution in [0.15, 0.2) is 0 Å². The average Bonchev–Trinajstić information content (AvgIpc) is 3.66. The van der Waals surface area contributed by atoms with Crippen molar-refractivity contribution in [1.29, 1.82) is 0 Å². The molecule has 3 amide bonds. The van der Waals surface area contributed by atoms with E-state index in [4.69, 9.17) is 71.1 Å². The predicted molar refractivity (Wildman–Crippen MR) is 278 cm³/mol. The Morgan fingerprint density at radius 3 is 0.831 bits per heavy atom. The number of aliphatic hydroxyl groups excluding tert-OH is 12. The van der Waals surface area contributed by atoms with E-state index >= 15 is 0 Å². The van der Waals surface area contributed by atoms with Crippen LogP contribution in [-0.4, -0.2) is 349 Å². The minimum absolute atomic E-state index is 0.0108. The van der Waals surface area contributed by atoms with Gasteiger partial charge >= 0.3 is 0 Å². The number of carbonyl (C=O) groups excluding carboxylic acids is 3. The van der Waals surface area contributed by atoms with Gasteiger partial charge in [-0.25, -0.2) is 0 Å². The summed E-state index contributed by atoms with van der Waals surface area (Å²) in [7, 11) is 0. The molecule has 3 fully saturated rings. The lowest BCUT2D eigenvalue weighted by atomic mass is 9.94. The molecular weight excluding hydrogens is 1120 g/mol. The molecule has 15 atom stereocenters. The van der Waals surface area contributed by atoms with Gasteiger partial charge in [0, 0.05) is 44.3 Å². The molecule has 33 heteroatoms. The van der Waals surface area contributed by atoms with Crippen molar-refractivity contribution in [1.82, 2.24) is 16.0 Å². The number of hydrogen-bond acceptors (Lipinski definition) is 30. The quantitative estimate of drug-likeness (QED) is 0.0252. The fourth-order valence-corrected chi connectivity index (χ4v) is 7.88. The molecule has 0 bridgehead atoms. The lowest BCUT2D eigenvalue weighted by Gasteiger charge is -2.39. The lowest BCUT2D eigenvalue weighted by molar-refractivity contribution is -0.302. The Bertz CT molecular complexity index is 1500. The Morgan fingerprint density at radius 2 is 0.578 bits per heavy atom. The van der Waals surface area contributed by atoms with Crippen LogP contribution in [-0.2, 0) is 85.4 Å². The van der Waals surface area contributed by atoms with E-state index in [0.717, 1.165) is 0 Å². The van der Waals surface area contributed by atoms with Gasteiger partial charge in [-0.2, -0.15) is 0 Å². The summed E-state index contributed by atoms with van der Waals surface area (Å²) in [6.07, 6.45) is -20.5. The number of ether oxygens (including phenoxy) is 15. The van der Waals surface area contributed by atoms with Crippen molar-refractivity contribution in [2.75, 3.05) is 178 Å². The second kappa shape index (κ2) is 43.9. The van der Waals surface area contributed by atoms with Crippen molar-refractivity contribution in [3.63, 3.8) is 0 Å². The molecule has 0 aliphatic carbocycles. The molecular formula is C50H93N3O30. The Morgan fingerprint density at radius 1 is 0.337 bits per heavy atom. The third-order valence-corrected chi connectivity index (χ3v) is 12.7. The lowest BCUT2D eigenvalue weighted by Crippen LogP contribution is -2.59. The van der Waals surface area contributed by atoms with E-state index in [1.165, 1.54) is 0 Å². The highest BCUT2D eigenvalue weighted by atomic mass is 16.7. The number of carbonyl (C=O) groups is 3. The summed E-state index contributed by atoms with van der Waals surface area (Å²) in [5.41, 5.74) is -0.755. The van der Waals surface area contributed by atoms with Gasteiger partial charge in [0.2, 0.25) is 17.7 Å². The first-order chi connectivity index (χ1) is 40.0. The monoisotopic (exact) mass is 1220 g/mol. The molecule has 3 rings (SSSR count). The molecule has 33 nitrogen and oxygen atoms in total. The highest BCUT2D eigenvalue weighted by Gasteiger charge is 2.46. The SMILES string of the molecule is CC(COCCC(=O)NCCOCCOCCO[C@H]1OC(CO)[C@@H](O)C(O)C1O)(COCCC(=O)NCCOCCOCCO[C@H]1OC(CO)[C@@H](O)C(O)C1O)COCCC(=O)NCCOCCOCCO[C@H]1O[C@H](CO)[C@@H](O)C(O)C1O. The van der Waals surface area contributed by atoms with Crippen LogP contribution in [0.5, 0.6) is 0 Å². The van der Waals surface area contributed by atoms with E-state index in [1.54, 1.807) is 0 Å². The fourth-order valence-electron chi connectivity index (χ4n) is 7.88. The summed E-state index contributed by atoms with van der Waals surface area (Å²) in [6, 6.07) is 0. The van der Waals surface area contributed by atoms with E-state index in [2.05, 4.69) is 16.0 Å². The summed E-state index contributed by atoms with van der Waals surface area (Å²) in [4.78, 5) is 37.5. The first-order valence-electron chi connectivity index (χ1n) is 27.7. The van der Waals surface area contributed by atoms with Crippen LogP contribution in [0.1, 0.15) is 26.2 Å². The Kier molecular flexibility index (Phi) is 39.4. The van der Waals surface area contributed by atoms with Gasteiger partial charge in [0.25, 0.3) is 0 Å². The van der Waals surface area contributed by atoms with Crippen LogP contribution in [0.2, 0.25) is 0 Å². The molecule has 0 aromatic heterocycles. The van der Waals surface area contributed by atoms with E-state index in [-0.39, 0.29) is 195 Å². The van der Waals surface area contributed by atoms with Crippen LogP contribution < -0.4 is 16.0 Å². The topological polar surface area (TPSA) is 469 Å². The maximum absolute atomic E-state index is 12.5. The summed E-state index contributed by atoms with van der Waals surface area (Å²) in [6.45, 7) is 3.37. The van der Waals surface area contributed by atoms with Gasteiger partial charge in [-0.1, -0.05) is 6.92 Å². The fraction of sp³-hybridized carbons (Fsp3) is 0.940. The maximum atomic E-state index is 12.5. The first-order valence-corrected chi connectivity index (χ1v) is 27.7. The van der Waals surface area contributed by atoms with Gasteiger partial charge in [-0.05, 0) is 0 Å². The van der Waals surface area contributed by atoms with Gasteiger partial charge in [0.15, 0.2) is 18.9 Å². The minimum atomic E-state index is -1.55. The van der Waals surface area contributed by atoms with E-state index < -0.39 is 117 Å². The zero-order valence-electron chi connectivity index (χ0n) is 47.1. The van der Waals surface area contributed by atoms with Gasteiger partial charge in [0.05, 0.1) is 159 Å². The molecule has 3 aliphatic heterocycles. The van der Waals surface area contributed by atoms with Gasteiger partial charge in [-0.3, -0.25) is 14.4 Å². The van der Waals surface area contributed by atoms with Crippen LogP contribution in [0, 0.1) is 5.41 Å². The van der Waals surface area contributed by atoms with Crippen LogP contribution >= 0.6 is 0 Å². The summed E-state index contributed by atoms with van der Waals surface area (Å²) >= 11 is 0. The Labute approximate surface area is 481 Å². The van der Waals surface area contributed by atoms with Crippen molar-refractivity contribution in [3.05, 3.63) is 0 Å². The number of hydrogen-bond donors (Lipinski definition) is 15. The molecule has 0 aromatic rings. The summed E-state index contributed by atoms with van der Waals surface area (Å²) in [5.74, 6) is -0.847. The molecule has 15 N–H and O–H groups in total. The molecule has 3 aliphatic rings. The number of nitrogens with one attached hydrogen (secondary N) is 3. The standard InChI is InChI=1S/C50H93N3O30/c1-50(29-75-8-2-35(57)51-5-11-69-14-17-72-20-23-78-47-44(66)41(63)38(60)32(26-54)81-47,30-76-9-3-36(58)52-6-12-70-15-18-73-21-24-79-48-45(67)42(64)39(61)33(27-55)82-48)31-77-10-4-37(59)53-7-13-71-16-19-74-22-25-80-49-46(68)43(65)40(62)34(28-56)83-49/h32-34,38-49,54-56,60-68H,2-31H2,1H3,(H,51,57)(H,52,58)(H,53,59)/t32-,33?,34?,38-,39-,40-,41?,42?,43?,44?,45?,46?,47+,48+,49+,50?/m1/s1. The van der Waals surface area contributed by atoms with E-state index in [1.807, 2.05) is 6.92 Å². The third kappa shape index (κ3) is 29.7. The van der Waals surface area contributed by atoms with Crippen molar-refractivity contribution in [2.45, 2.75) is 118 Å². The second-order valence-electron chi connectivity index (χ2n) is 19.6. The molecule has 83 heavy (non-hydrogen) atoms. The zero-order valence-corrected chi connectivity index (χ0v) is 47.1. The van der Waals surface area contributed by atoms with Gasteiger partial charge in [0.1, 0.15) is 73.2 Å².